The molecule has 7 heteroatoms. The van der Waals surface area contributed by atoms with Gasteiger partial charge >= 0.3 is 0 Å². The number of carbonyl (C=O) groups excluding carboxylic acids is 1. The number of benzene rings is 2. The highest BCUT2D eigenvalue weighted by atomic mass is 35.5. The lowest BCUT2D eigenvalue weighted by atomic mass is 10.1. The summed E-state index contributed by atoms with van der Waals surface area (Å²) in [5, 5.41) is 9.19. The van der Waals surface area contributed by atoms with Crippen LogP contribution in [0.5, 0.6) is 5.75 Å². The van der Waals surface area contributed by atoms with Gasteiger partial charge in [0.05, 0.1) is 18.0 Å². The van der Waals surface area contributed by atoms with Gasteiger partial charge in [0, 0.05) is 10.6 Å². The van der Waals surface area contributed by atoms with Crippen LogP contribution in [0, 0.1) is 0 Å². The molecule has 1 atom stereocenters. The summed E-state index contributed by atoms with van der Waals surface area (Å²) < 4.78 is 6.98. The van der Waals surface area contributed by atoms with E-state index >= 15 is 0 Å². The van der Waals surface area contributed by atoms with Crippen molar-refractivity contribution in [2.75, 3.05) is 7.11 Å². The number of halogens is 1. The Bertz CT molecular complexity index is 896. The molecule has 0 aliphatic carbocycles. The molecule has 0 fully saturated rings. The highest BCUT2D eigenvalue weighted by molar-refractivity contribution is 8.00. The summed E-state index contributed by atoms with van der Waals surface area (Å²) in [5.41, 5.74) is 1.51. The lowest BCUT2D eigenvalue weighted by Crippen LogP contribution is -2.17. The Morgan fingerprint density at radius 1 is 1.27 bits per heavy atom. The molecule has 0 saturated heterocycles. The molecule has 0 N–H and O–H groups in total. The Kier molecular flexibility index (Phi) is 5.96. The van der Waals surface area contributed by atoms with E-state index < -0.39 is 0 Å². The second-order valence-corrected chi connectivity index (χ2v) is 7.18. The Balaban J connectivity index is 1.82. The molecule has 0 bridgehead atoms. The summed E-state index contributed by atoms with van der Waals surface area (Å²) >= 11 is 7.48. The van der Waals surface area contributed by atoms with Gasteiger partial charge in [-0.05, 0) is 48.9 Å². The molecule has 5 nitrogen and oxygen atoms in total. The number of methoxy groups -OCH3 is 1. The average molecular weight is 388 g/mol. The number of Topliss-reactive ketones (excluding diaryl/α,β-unsaturated/α-hetero) is 1. The van der Waals surface area contributed by atoms with Crippen molar-refractivity contribution in [3.05, 3.63) is 65.4 Å². The van der Waals surface area contributed by atoms with E-state index in [9.17, 15) is 4.79 Å². The number of hydrogen-bond donors (Lipinski definition) is 0. The van der Waals surface area contributed by atoms with E-state index in [4.69, 9.17) is 16.3 Å². The summed E-state index contributed by atoms with van der Waals surface area (Å²) in [6.45, 7) is 1.99. The van der Waals surface area contributed by atoms with E-state index in [1.54, 1.807) is 37.7 Å². The number of carbonyl (C=O) groups is 1. The molecule has 26 heavy (non-hydrogen) atoms. The number of thioether (sulfide) groups is 1. The molecule has 0 amide bonds. The fraction of sp³-hybridized carbons (Fsp3) is 0.211. The predicted molar refractivity (Wildman–Crippen MR) is 104 cm³/mol. The molecule has 1 unspecified atom stereocenters. The molecule has 3 rings (SSSR count). The van der Waals surface area contributed by atoms with Crippen molar-refractivity contribution in [3.63, 3.8) is 0 Å². The van der Waals surface area contributed by atoms with Gasteiger partial charge in [-0.1, -0.05) is 36.4 Å². The van der Waals surface area contributed by atoms with Crippen LogP contribution >= 0.6 is 23.4 Å². The minimum Gasteiger partial charge on any atom is -0.497 e. The van der Waals surface area contributed by atoms with Gasteiger partial charge in [-0.15, -0.1) is 10.2 Å². The van der Waals surface area contributed by atoms with Crippen molar-refractivity contribution in [2.24, 2.45) is 0 Å². The van der Waals surface area contributed by atoms with Crippen LogP contribution < -0.4 is 4.74 Å². The van der Waals surface area contributed by atoms with Gasteiger partial charge in [-0.25, -0.2) is 0 Å². The molecule has 2 aromatic carbocycles. The Labute approximate surface area is 161 Å². The molecular formula is C19H18ClN3O2S. The number of rotatable bonds is 7. The zero-order valence-corrected chi connectivity index (χ0v) is 16.0. The summed E-state index contributed by atoms with van der Waals surface area (Å²) in [7, 11) is 1.60. The average Bonchev–Trinajstić information content (AvgIpc) is 3.14. The smallest absolute Gasteiger partial charge is 0.196 e. The molecule has 0 aliphatic heterocycles. The second-order valence-electron chi connectivity index (χ2n) is 5.57. The third kappa shape index (κ3) is 4.08. The van der Waals surface area contributed by atoms with Gasteiger partial charge in [-0.2, -0.15) is 0 Å². The van der Waals surface area contributed by atoms with Crippen LogP contribution in [-0.2, 0) is 0 Å². The molecule has 0 saturated carbocycles. The topological polar surface area (TPSA) is 57.0 Å². The largest absolute Gasteiger partial charge is 0.497 e. The highest BCUT2D eigenvalue weighted by Crippen LogP contribution is 2.29. The zero-order chi connectivity index (χ0) is 18.5. The van der Waals surface area contributed by atoms with Crippen LogP contribution in [0.4, 0.5) is 0 Å². The Morgan fingerprint density at radius 3 is 2.69 bits per heavy atom. The first-order valence-electron chi connectivity index (χ1n) is 8.13. The van der Waals surface area contributed by atoms with Gasteiger partial charge in [0.2, 0.25) is 0 Å². The molecule has 0 aliphatic rings. The molecule has 0 spiro atoms. The van der Waals surface area contributed by atoms with E-state index in [-0.39, 0.29) is 11.0 Å². The van der Waals surface area contributed by atoms with Gasteiger partial charge < -0.3 is 4.74 Å². The van der Waals surface area contributed by atoms with Crippen LogP contribution in [0.15, 0.2) is 60.0 Å². The fourth-order valence-corrected chi connectivity index (χ4v) is 3.71. The molecular weight excluding hydrogens is 370 g/mol. The van der Waals surface area contributed by atoms with Crippen LogP contribution in [0.25, 0.3) is 5.69 Å². The van der Waals surface area contributed by atoms with Crippen molar-refractivity contribution in [1.82, 2.24) is 14.8 Å². The maximum absolute atomic E-state index is 12.9. The first-order valence-corrected chi connectivity index (χ1v) is 9.39. The van der Waals surface area contributed by atoms with Gasteiger partial charge in [0.25, 0.3) is 0 Å². The van der Waals surface area contributed by atoms with Crippen molar-refractivity contribution in [1.29, 1.82) is 0 Å². The predicted octanol–water partition coefficient (Wildman–Crippen LogP) is 4.68. The number of nitrogens with zero attached hydrogens (tertiary/aromatic N) is 3. The SMILES string of the molecule is CCC(Sc1nncn1-c1cccc(Cl)c1)C(=O)c1ccc(OC)cc1. The van der Waals surface area contributed by atoms with Crippen LogP contribution in [0.3, 0.4) is 0 Å². The molecule has 1 aromatic heterocycles. The van der Waals surface area contributed by atoms with Crippen LogP contribution in [0.2, 0.25) is 5.02 Å². The van der Waals surface area contributed by atoms with Crippen molar-refractivity contribution < 1.29 is 9.53 Å². The third-order valence-electron chi connectivity index (χ3n) is 3.89. The summed E-state index contributed by atoms with van der Waals surface area (Å²) in [5.74, 6) is 0.781. The van der Waals surface area contributed by atoms with Gasteiger partial charge in [-0.3, -0.25) is 9.36 Å². The first kappa shape index (κ1) is 18.5. The highest BCUT2D eigenvalue weighted by Gasteiger charge is 2.22. The maximum atomic E-state index is 12.9. The monoisotopic (exact) mass is 387 g/mol. The second kappa shape index (κ2) is 8.38. The van der Waals surface area contributed by atoms with E-state index in [0.717, 1.165) is 11.4 Å². The van der Waals surface area contributed by atoms with E-state index in [1.807, 2.05) is 35.8 Å². The lowest BCUT2D eigenvalue weighted by Gasteiger charge is -2.14. The minimum atomic E-state index is -0.259. The minimum absolute atomic E-state index is 0.0563. The number of aromatic nitrogens is 3. The Hall–Kier alpha value is -2.31. The van der Waals surface area contributed by atoms with Crippen molar-refractivity contribution >= 4 is 29.1 Å². The maximum Gasteiger partial charge on any atom is 0.196 e. The van der Waals surface area contributed by atoms with E-state index in [2.05, 4.69) is 10.2 Å². The first-order chi connectivity index (χ1) is 12.6. The molecule has 1 heterocycles. The van der Waals surface area contributed by atoms with Gasteiger partial charge in [0.1, 0.15) is 12.1 Å². The van der Waals surface area contributed by atoms with Crippen molar-refractivity contribution in [2.45, 2.75) is 23.8 Å². The van der Waals surface area contributed by atoms with Crippen LogP contribution in [0.1, 0.15) is 23.7 Å². The lowest BCUT2D eigenvalue weighted by molar-refractivity contribution is 0.0988. The fourth-order valence-electron chi connectivity index (χ4n) is 2.50. The zero-order valence-electron chi connectivity index (χ0n) is 14.4. The quantitative estimate of drug-likeness (QED) is 0.435. The van der Waals surface area contributed by atoms with E-state index in [0.29, 0.717) is 22.2 Å². The number of hydrogen-bond acceptors (Lipinski definition) is 5. The van der Waals surface area contributed by atoms with Crippen molar-refractivity contribution in [3.8, 4) is 11.4 Å². The summed E-state index contributed by atoms with van der Waals surface area (Å²) in [4.78, 5) is 12.9. The molecule has 3 aromatic rings. The molecule has 134 valence electrons. The normalized spacial score (nSPS) is 12.0. The number of ether oxygens (including phenoxy) is 1. The standard InChI is InChI=1S/C19H18ClN3O2S/c1-3-17(18(24)13-7-9-16(25-2)10-8-13)26-19-22-21-12-23(19)15-6-4-5-14(20)11-15/h4-12,17H,3H2,1-2H3. The Morgan fingerprint density at radius 2 is 2.04 bits per heavy atom. The van der Waals surface area contributed by atoms with Gasteiger partial charge in [0.15, 0.2) is 10.9 Å². The summed E-state index contributed by atoms with van der Waals surface area (Å²) in [6, 6.07) is 14.6. The number of ketones is 1. The summed E-state index contributed by atoms with van der Waals surface area (Å²) in [6.07, 6.45) is 2.30. The molecule has 0 radical (unpaired) electrons. The third-order valence-corrected chi connectivity index (χ3v) is 5.44. The van der Waals surface area contributed by atoms with E-state index in [1.165, 1.54) is 11.8 Å². The van der Waals surface area contributed by atoms with Crippen LogP contribution in [-0.4, -0.2) is 32.9 Å².